The Balaban J connectivity index is 2.19. The summed E-state index contributed by atoms with van der Waals surface area (Å²) < 4.78 is 0. The van der Waals surface area contributed by atoms with Crippen LogP contribution in [0.1, 0.15) is 11.8 Å². The quantitative estimate of drug-likeness (QED) is 0.393. The van der Waals surface area contributed by atoms with E-state index in [1.165, 1.54) is 12.1 Å². The van der Waals surface area contributed by atoms with Crippen LogP contribution in [0.5, 0.6) is 0 Å². The largest absolute Gasteiger partial charge is 0.270 e. The van der Waals surface area contributed by atoms with E-state index in [1.807, 2.05) is 7.05 Å². The maximum atomic E-state index is 10.3. The molecule has 5 nitrogen and oxygen atoms in total. The summed E-state index contributed by atoms with van der Waals surface area (Å²) in [6.07, 6.45) is -0.0270. The van der Waals surface area contributed by atoms with E-state index in [4.69, 9.17) is 4.84 Å². The van der Waals surface area contributed by atoms with Crippen molar-refractivity contribution in [3.8, 4) is 0 Å². The highest BCUT2D eigenvalue weighted by atomic mass is 16.8. The smallest absolute Gasteiger partial charge is 0.269 e. The molecule has 0 saturated carbocycles. The SMILES string of the molecule is CN1OC1c1ccc([N+](=O)[O-])cc1. The summed E-state index contributed by atoms with van der Waals surface area (Å²) in [5, 5.41) is 12.0. The van der Waals surface area contributed by atoms with Crippen LogP contribution in [-0.2, 0) is 4.84 Å². The highest BCUT2D eigenvalue weighted by Gasteiger charge is 2.33. The van der Waals surface area contributed by atoms with Gasteiger partial charge in [0.15, 0.2) is 6.23 Å². The Morgan fingerprint density at radius 1 is 1.46 bits per heavy atom. The van der Waals surface area contributed by atoms with Gasteiger partial charge in [0.1, 0.15) is 0 Å². The molecule has 2 unspecified atom stereocenters. The van der Waals surface area contributed by atoms with Crippen LogP contribution in [0.3, 0.4) is 0 Å². The van der Waals surface area contributed by atoms with Crippen LogP contribution in [-0.4, -0.2) is 17.0 Å². The third kappa shape index (κ3) is 1.51. The molecular formula is C8H8N2O3. The van der Waals surface area contributed by atoms with Crippen LogP contribution < -0.4 is 0 Å². The molecular weight excluding hydrogens is 172 g/mol. The molecule has 68 valence electrons. The van der Waals surface area contributed by atoms with Crippen molar-refractivity contribution < 1.29 is 9.76 Å². The van der Waals surface area contributed by atoms with Crippen LogP contribution in [0.15, 0.2) is 24.3 Å². The lowest BCUT2D eigenvalue weighted by molar-refractivity contribution is -0.384. The van der Waals surface area contributed by atoms with Gasteiger partial charge in [-0.1, -0.05) is 0 Å². The fourth-order valence-corrected chi connectivity index (χ4v) is 1.16. The monoisotopic (exact) mass is 180 g/mol. The fourth-order valence-electron chi connectivity index (χ4n) is 1.16. The molecule has 0 spiro atoms. The number of non-ortho nitro benzene ring substituents is 1. The Morgan fingerprint density at radius 3 is 2.38 bits per heavy atom. The first kappa shape index (κ1) is 8.15. The molecule has 0 aromatic heterocycles. The highest BCUT2D eigenvalue weighted by Crippen LogP contribution is 2.34. The number of nitro groups is 1. The standard InChI is InChI=1S/C8H8N2O3/c1-9-8(13-9)6-2-4-7(5-3-6)10(11)12/h2-5,8H,1H3. The molecule has 0 N–H and O–H groups in total. The Bertz CT molecular complexity index is 336. The molecule has 1 fully saturated rings. The Morgan fingerprint density at radius 2 is 2.00 bits per heavy atom. The predicted octanol–water partition coefficient (Wildman–Crippen LogP) is 1.47. The first-order chi connectivity index (χ1) is 6.18. The summed E-state index contributed by atoms with van der Waals surface area (Å²) in [4.78, 5) is 15.0. The number of rotatable bonds is 2. The number of hydrogen-bond donors (Lipinski definition) is 0. The van der Waals surface area contributed by atoms with Crippen LogP contribution in [0.2, 0.25) is 0 Å². The van der Waals surface area contributed by atoms with E-state index in [9.17, 15) is 10.1 Å². The van der Waals surface area contributed by atoms with E-state index in [0.717, 1.165) is 5.56 Å². The zero-order valence-corrected chi connectivity index (χ0v) is 7.01. The van der Waals surface area contributed by atoms with Crippen molar-refractivity contribution >= 4 is 5.69 Å². The summed E-state index contributed by atoms with van der Waals surface area (Å²) in [6, 6.07) is 6.36. The number of hydrogen-bond acceptors (Lipinski definition) is 4. The molecule has 5 heteroatoms. The topological polar surface area (TPSA) is 58.7 Å². The van der Waals surface area contributed by atoms with Crippen molar-refractivity contribution in [2.45, 2.75) is 6.23 Å². The first-order valence-corrected chi connectivity index (χ1v) is 3.82. The molecule has 0 aliphatic carbocycles. The molecule has 1 saturated heterocycles. The summed E-state index contributed by atoms with van der Waals surface area (Å²) in [5.74, 6) is 0. The lowest BCUT2D eigenvalue weighted by Crippen LogP contribution is -1.90. The highest BCUT2D eigenvalue weighted by molar-refractivity contribution is 5.34. The second-order valence-corrected chi connectivity index (χ2v) is 2.85. The lowest BCUT2D eigenvalue weighted by atomic mass is 10.2. The Labute approximate surface area is 74.6 Å². The zero-order chi connectivity index (χ0) is 9.42. The van der Waals surface area contributed by atoms with E-state index < -0.39 is 4.92 Å². The summed E-state index contributed by atoms with van der Waals surface area (Å²) in [7, 11) is 1.81. The zero-order valence-electron chi connectivity index (χ0n) is 7.01. The van der Waals surface area contributed by atoms with E-state index in [0.29, 0.717) is 0 Å². The van der Waals surface area contributed by atoms with Gasteiger partial charge in [0, 0.05) is 24.7 Å². The molecule has 2 atom stereocenters. The average Bonchev–Trinajstić information content (AvgIpc) is 2.83. The minimum absolute atomic E-state index is 0.0270. The molecule has 0 amide bonds. The van der Waals surface area contributed by atoms with E-state index in [2.05, 4.69) is 0 Å². The molecule has 0 bridgehead atoms. The van der Waals surface area contributed by atoms with Gasteiger partial charge in [-0.15, -0.1) is 0 Å². The lowest BCUT2D eigenvalue weighted by Gasteiger charge is -1.93. The first-order valence-electron chi connectivity index (χ1n) is 3.82. The van der Waals surface area contributed by atoms with Crippen molar-refractivity contribution in [1.82, 2.24) is 5.06 Å². The second-order valence-electron chi connectivity index (χ2n) is 2.85. The summed E-state index contributed by atoms with van der Waals surface area (Å²) in [5.41, 5.74) is 1.04. The van der Waals surface area contributed by atoms with Gasteiger partial charge in [-0.05, 0) is 12.1 Å². The summed E-state index contributed by atoms with van der Waals surface area (Å²) >= 11 is 0. The maximum Gasteiger partial charge on any atom is 0.269 e. The molecule has 1 aliphatic rings. The summed E-state index contributed by atoms with van der Waals surface area (Å²) in [6.45, 7) is 0. The Kier molecular flexibility index (Phi) is 1.75. The van der Waals surface area contributed by atoms with Crippen molar-refractivity contribution in [1.29, 1.82) is 0 Å². The predicted molar refractivity (Wildman–Crippen MR) is 44.7 cm³/mol. The molecule has 13 heavy (non-hydrogen) atoms. The molecule has 1 aromatic rings. The van der Waals surface area contributed by atoms with Gasteiger partial charge in [-0.25, -0.2) is 0 Å². The van der Waals surface area contributed by atoms with Gasteiger partial charge < -0.3 is 0 Å². The van der Waals surface area contributed by atoms with Crippen molar-refractivity contribution in [2.24, 2.45) is 0 Å². The van der Waals surface area contributed by atoms with Crippen LogP contribution in [0.4, 0.5) is 5.69 Å². The minimum atomic E-state index is -0.415. The third-order valence-electron chi connectivity index (χ3n) is 1.94. The molecule has 1 aliphatic heterocycles. The van der Waals surface area contributed by atoms with Crippen LogP contribution in [0, 0.1) is 10.1 Å². The maximum absolute atomic E-state index is 10.3. The normalized spacial score (nSPS) is 25.6. The van der Waals surface area contributed by atoms with E-state index in [-0.39, 0.29) is 11.9 Å². The molecule has 0 radical (unpaired) electrons. The van der Waals surface area contributed by atoms with Gasteiger partial charge in [-0.3, -0.25) is 15.0 Å². The number of nitrogens with zero attached hydrogens (tertiary/aromatic N) is 2. The van der Waals surface area contributed by atoms with E-state index >= 15 is 0 Å². The molecule has 1 heterocycles. The van der Waals surface area contributed by atoms with Crippen LogP contribution >= 0.6 is 0 Å². The number of benzene rings is 1. The van der Waals surface area contributed by atoms with Gasteiger partial charge in [0.05, 0.1) is 4.92 Å². The van der Waals surface area contributed by atoms with Crippen molar-refractivity contribution in [3.63, 3.8) is 0 Å². The second kappa shape index (κ2) is 2.79. The average molecular weight is 180 g/mol. The number of nitro benzene ring substituents is 1. The third-order valence-corrected chi connectivity index (χ3v) is 1.94. The van der Waals surface area contributed by atoms with Crippen molar-refractivity contribution in [3.05, 3.63) is 39.9 Å². The number of hydroxylamine groups is 2. The van der Waals surface area contributed by atoms with Gasteiger partial charge in [0.2, 0.25) is 0 Å². The minimum Gasteiger partial charge on any atom is -0.270 e. The van der Waals surface area contributed by atoms with Gasteiger partial charge in [-0.2, -0.15) is 5.06 Å². The fraction of sp³-hybridized carbons (Fsp3) is 0.250. The Hall–Kier alpha value is -1.46. The van der Waals surface area contributed by atoms with Crippen LogP contribution in [0.25, 0.3) is 0 Å². The van der Waals surface area contributed by atoms with Gasteiger partial charge in [0.25, 0.3) is 5.69 Å². The van der Waals surface area contributed by atoms with E-state index in [1.54, 1.807) is 17.2 Å². The van der Waals surface area contributed by atoms with Gasteiger partial charge >= 0.3 is 0 Å². The molecule has 1 aromatic carbocycles. The van der Waals surface area contributed by atoms with Crippen molar-refractivity contribution in [2.75, 3.05) is 7.05 Å². The molecule has 2 rings (SSSR count).